The Labute approximate surface area is 124 Å². The number of nitrogens with zero attached hydrogens (tertiary/aromatic N) is 2. The van der Waals surface area contributed by atoms with Crippen molar-refractivity contribution in [2.45, 2.75) is 24.8 Å². The van der Waals surface area contributed by atoms with Crippen LogP contribution in [0.2, 0.25) is 0 Å². The Bertz CT molecular complexity index is 727. The van der Waals surface area contributed by atoms with Gasteiger partial charge < -0.3 is 11.1 Å². The smallest absolute Gasteiger partial charge is 0.175 e. The highest BCUT2D eigenvalue weighted by Crippen LogP contribution is 2.18. The molecule has 0 aliphatic heterocycles. The molecule has 7 heteroatoms. The van der Waals surface area contributed by atoms with Gasteiger partial charge in [0.25, 0.3) is 0 Å². The molecule has 2 aromatic rings. The molecule has 1 aromatic carbocycles. The molecule has 0 radical (unpaired) electrons. The summed E-state index contributed by atoms with van der Waals surface area (Å²) in [5, 5.41) is 3.20. The average Bonchev–Trinajstić information content (AvgIpc) is 2.44. The molecule has 0 atom stereocenters. The zero-order chi connectivity index (χ0) is 15.5. The van der Waals surface area contributed by atoms with Gasteiger partial charge in [-0.05, 0) is 24.1 Å². The van der Waals surface area contributed by atoms with Crippen molar-refractivity contribution in [3.63, 3.8) is 0 Å². The van der Waals surface area contributed by atoms with Crippen LogP contribution in [-0.4, -0.2) is 24.6 Å². The third-order valence-corrected chi connectivity index (χ3v) is 4.27. The minimum absolute atomic E-state index is 0.312. The summed E-state index contributed by atoms with van der Waals surface area (Å²) in [5.74, 6) is 1.18. The van der Waals surface area contributed by atoms with Crippen LogP contribution in [0, 0.1) is 0 Å². The molecule has 6 nitrogen and oxygen atoms in total. The summed E-state index contributed by atoms with van der Waals surface area (Å²) < 4.78 is 22.8. The Hall–Kier alpha value is -2.15. The molecule has 0 fully saturated rings. The van der Waals surface area contributed by atoms with Crippen molar-refractivity contribution in [1.82, 2.24) is 9.97 Å². The van der Waals surface area contributed by atoms with Gasteiger partial charge >= 0.3 is 0 Å². The van der Waals surface area contributed by atoms with Gasteiger partial charge in [0.2, 0.25) is 0 Å². The van der Waals surface area contributed by atoms with Gasteiger partial charge in [-0.15, -0.1) is 0 Å². The maximum absolute atomic E-state index is 11.4. The fourth-order valence-corrected chi connectivity index (χ4v) is 2.60. The standard InChI is InChI=1S/C14H18N4O2S/c1-3-12-13(15)17-9-18-14(12)16-8-10-4-6-11(7-5-10)21(2,19)20/h4-7,9H,3,8H2,1-2H3,(H3,15,16,17,18). The Morgan fingerprint density at radius 1 is 1.19 bits per heavy atom. The number of hydrogen-bond donors (Lipinski definition) is 2. The number of anilines is 2. The number of rotatable bonds is 5. The fraction of sp³-hybridized carbons (Fsp3) is 0.286. The van der Waals surface area contributed by atoms with Gasteiger partial charge in [0.1, 0.15) is 18.0 Å². The zero-order valence-electron chi connectivity index (χ0n) is 12.0. The third-order valence-electron chi connectivity index (χ3n) is 3.14. The maximum Gasteiger partial charge on any atom is 0.175 e. The lowest BCUT2D eigenvalue weighted by Gasteiger charge is -2.11. The minimum Gasteiger partial charge on any atom is -0.383 e. The molecule has 0 spiro atoms. The van der Waals surface area contributed by atoms with Crippen LogP contribution in [0.3, 0.4) is 0 Å². The quantitative estimate of drug-likeness (QED) is 0.871. The molecule has 3 N–H and O–H groups in total. The highest BCUT2D eigenvalue weighted by atomic mass is 32.2. The predicted molar refractivity (Wildman–Crippen MR) is 82.7 cm³/mol. The van der Waals surface area contributed by atoms with E-state index in [4.69, 9.17) is 5.73 Å². The summed E-state index contributed by atoms with van der Waals surface area (Å²) in [4.78, 5) is 8.46. The molecule has 0 unspecified atom stereocenters. The summed E-state index contributed by atoms with van der Waals surface area (Å²) >= 11 is 0. The summed E-state index contributed by atoms with van der Waals surface area (Å²) in [6.07, 6.45) is 3.35. The van der Waals surface area contributed by atoms with E-state index in [0.717, 1.165) is 17.5 Å². The molecule has 0 aliphatic rings. The molecular weight excluding hydrogens is 288 g/mol. The zero-order valence-corrected chi connectivity index (χ0v) is 12.8. The van der Waals surface area contributed by atoms with Crippen molar-refractivity contribution >= 4 is 21.5 Å². The summed E-state index contributed by atoms with van der Waals surface area (Å²) in [5.41, 5.74) is 7.65. The molecule has 112 valence electrons. The Morgan fingerprint density at radius 3 is 2.43 bits per heavy atom. The van der Waals surface area contributed by atoms with Gasteiger partial charge in [0, 0.05) is 18.4 Å². The largest absolute Gasteiger partial charge is 0.383 e. The van der Waals surface area contributed by atoms with E-state index in [1.54, 1.807) is 24.3 Å². The van der Waals surface area contributed by atoms with E-state index in [1.165, 1.54) is 12.6 Å². The van der Waals surface area contributed by atoms with Crippen LogP contribution in [0.1, 0.15) is 18.1 Å². The van der Waals surface area contributed by atoms with Crippen LogP contribution < -0.4 is 11.1 Å². The number of hydrogen-bond acceptors (Lipinski definition) is 6. The lowest BCUT2D eigenvalue weighted by atomic mass is 10.2. The van der Waals surface area contributed by atoms with Crippen LogP contribution in [0.4, 0.5) is 11.6 Å². The first kappa shape index (κ1) is 15.2. The molecule has 2 rings (SSSR count). The highest BCUT2D eigenvalue weighted by Gasteiger charge is 2.08. The first-order valence-corrected chi connectivity index (χ1v) is 8.43. The van der Waals surface area contributed by atoms with Crippen molar-refractivity contribution in [3.05, 3.63) is 41.7 Å². The van der Waals surface area contributed by atoms with Gasteiger partial charge in [0.15, 0.2) is 9.84 Å². The second-order valence-corrected chi connectivity index (χ2v) is 6.73. The number of benzene rings is 1. The normalized spacial score (nSPS) is 11.3. The molecule has 0 saturated carbocycles. The Kier molecular flexibility index (Phi) is 4.42. The molecule has 0 bridgehead atoms. The summed E-state index contributed by atoms with van der Waals surface area (Å²) in [6, 6.07) is 6.75. The Balaban J connectivity index is 2.12. The van der Waals surface area contributed by atoms with Crippen molar-refractivity contribution in [1.29, 1.82) is 0 Å². The van der Waals surface area contributed by atoms with Gasteiger partial charge in [0.05, 0.1) is 4.90 Å². The summed E-state index contributed by atoms with van der Waals surface area (Å²) in [6.45, 7) is 2.52. The molecular formula is C14H18N4O2S. The number of nitrogens with one attached hydrogen (secondary N) is 1. The van der Waals surface area contributed by atoms with Crippen LogP contribution >= 0.6 is 0 Å². The van der Waals surface area contributed by atoms with Gasteiger partial charge in [-0.25, -0.2) is 18.4 Å². The number of nitrogens with two attached hydrogens (primary N) is 1. The second kappa shape index (κ2) is 6.09. The summed E-state index contributed by atoms with van der Waals surface area (Å²) in [7, 11) is -3.16. The molecule has 1 heterocycles. The van der Waals surface area contributed by atoms with Crippen LogP contribution in [0.25, 0.3) is 0 Å². The van der Waals surface area contributed by atoms with E-state index in [-0.39, 0.29) is 0 Å². The van der Waals surface area contributed by atoms with Crippen LogP contribution in [0.5, 0.6) is 0 Å². The van der Waals surface area contributed by atoms with E-state index in [2.05, 4.69) is 15.3 Å². The SMILES string of the molecule is CCc1c(N)ncnc1NCc1ccc(S(C)(=O)=O)cc1. The molecule has 0 aliphatic carbocycles. The van der Waals surface area contributed by atoms with E-state index in [1.807, 2.05) is 6.92 Å². The first-order valence-electron chi connectivity index (χ1n) is 6.54. The fourth-order valence-electron chi connectivity index (χ4n) is 1.97. The second-order valence-electron chi connectivity index (χ2n) is 4.71. The first-order chi connectivity index (χ1) is 9.91. The lowest BCUT2D eigenvalue weighted by molar-refractivity contribution is 0.602. The van der Waals surface area contributed by atoms with Crippen LogP contribution in [0.15, 0.2) is 35.5 Å². The lowest BCUT2D eigenvalue weighted by Crippen LogP contribution is -2.08. The van der Waals surface area contributed by atoms with Crippen molar-refractivity contribution in [3.8, 4) is 0 Å². The Morgan fingerprint density at radius 2 is 1.86 bits per heavy atom. The maximum atomic E-state index is 11.4. The van der Waals surface area contributed by atoms with Crippen molar-refractivity contribution in [2.24, 2.45) is 0 Å². The number of sulfone groups is 1. The molecule has 0 amide bonds. The van der Waals surface area contributed by atoms with Gasteiger partial charge in [-0.1, -0.05) is 19.1 Å². The topological polar surface area (TPSA) is 98.0 Å². The highest BCUT2D eigenvalue weighted by molar-refractivity contribution is 7.90. The van der Waals surface area contributed by atoms with E-state index in [0.29, 0.717) is 23.1 Å². The molecule has 21 heavy (non-hydrogen) atoms. The van der Waals surface area contributed by atoms with E-state index >= 15 is 0 Å². The third kappa shape index (κ3) is 3.69. The minimum atomic E-state index is -3.16. The monoisotopic (exact) mass is 306 g/mol. The van der Waals surface area contributed by atoms with Crippen LogP contribution in [-0.2, 0) is 22.8 Å². The van der Waals surface area contributed by atoms with E-state index in [9.17, 15) is 8.42 Å². The predicted octanol–water partition coefficient (Wildman–Crippen LogP) is 1.64. The van der Waals surface area contributed by atoms with Crippen molar-refractivity contribution in [2.75, 3.05) is 17.3 Å². The van der Waals surface area contributed by atoms with Gasteiger partial charge in [-0.2, -0.15) is 0 Å². The molecule has 0 saturated heterocycles. The average molecular weight is 306 g/mol. The number of aromatic nitrogens is 2. The molecule has 1 aromatic heterocycles. The van der Waals surface area contributed by atoms with Crippen molar-refractivity contribution < 1.29 is 8.42 Å². The van der Waals surface area contributed by atoms with E-state index < -0.39 is 9.84 Å². The number of nitrogen functional groups attached to an aromatic ring is 1. The van der Waals surface area contributed by atoms with Gasteiger partial charge in [-0.3, -0.25) is 0 Å².